The molecule has 0 saturated carbocycles. The zero-order chi connectivity index (χ0) is 29.2. The second kappa shape index (κ2) is 9.38. The van der Waals surface area contributed by atoms with Gasteiger partial charge in [-0.1, -0.05) is 78.9 Å². The van der Waals surface area contributed by atoms with Crippen LogP contribution in [0, 0.1) is 6.57 Å². The topological polar surface area (TPSA) is 48.2 Å². The fourth-order valence-corrected chi connectivity index (χ4v) is 6.34. The lowest BCUT2D eigenvalue weighted by Crippen LogP contribution is -1.97. The molecule has 0 aliphatic carbocycles. The zero-order valence-corrected chi connectivity index (χ0v) is 23.4. The van der Waals surface area contributed by atoms with Crippen LogP contribution in [0.2, 0.25) is 0 Å². The molecule has 0 saturated heterocycles. The summed E-state index contributed by atoms with van der Waals surface area (Å²) in [4.78, 5) is 13.5. The van der Waals surface area contributed by atoms with E-state index < -0.39 is 0 Å². The van der Waals surface area contributed by atoms with Crippen LogP contribution in [0.15, 0.2) is 138 Å². The minimum atomic E-state index is 0.606. The van der Waals surface area contributed by atoms with Gasteiger partial charge in [0.2, 0.25) is 0 Å². The van der Waals surface area contributed by atoms with Crippen molar-refractivity contribution >= 4 is 60.3 Å². The molecule has 0 bridgehead atoms. The van der Waals surface area contributed by atoms with Crippen LogP contribution in [0.5, 0.6) is 0 Å². The molecule has 3 heterocycles. The van der Waals surface area contributed by atoms with Crippen LogP contribution < -0.4 is 0 Å². The van der Waals surface area contributed by atoms with Crippen LogP contribution in [0.3, 0.4) is 0 Å². The molecule has 0 spiro atoms. The third kappa shape index (κ3) is 3.65. The van der Waals surface area contributed by atoms with Gasteiger partial charge in [-0.25, -0.2) is 14.8 Å². The average molecular weight is 563 g/mol. The van der Waals surface area contributed by atoms with Crippen LogP contribution in [-0.2, 0) is 0 Å². The van der Waals surface area contributed by atoms with Gasteiger partial charge in [-0.3, -0.25) is 0 Å². The van der Waals surface area contributed by atoms with Crippen molar-refractivity contribution in [1.82, 2.24) is 14.5 Å². The second-order valence-corrected chi connectivity index (χ2v) is 10.9. The Labute approximate surface area is 252 Å². The van der Waals surface area contributed by atoms with Gasteiger partial charge < -0.3 is 8.98 Å². The quantitative estimate of drug-likeness (QED) is 0.201. The molecule has 0 radical (unpaired) electrons. The highest BCUT2D eigenvalue weighted by molar-refractivity contribution is 6.17. The van der Waals surface area contributed by atoms with E-state index in [-0.39, 0.29) is 0 Å². The molecule has 44 heavy (non-hydrogen) atoms. The predicted molar refractivity (Wildman–Crippen MR) is 178 cm³/mol. The number of aromatic nitrogens is 3. The maximum Gasteiger partial charge on any atom is 0.187 e. The lowest BCUT2D eigenvalue weighted by Gasteiger charge is -2.11. The largest absolute Gasteiger partial charge is 0.456 e. The van der Waals surface area contributed by atoms with Crippen LogP contribution in [-0.4, -0.2) is 14.5 Å². The lowest BCUT2D eigenvalue weighted by atomic mass is 10.1. The van der Waals surface area contributed by atoms with Crippen molar-refractivity contribution in [3.05, 3.63) is 145 Å². The summed E-state index contributed by atoms with van der Waals surface area (Å²) in [5.41, 5.74) is 9.34. The maximum atomic E-state index is 7.31. The minimum absolute atomic E-state index is 0.606. The molecule has 5 heteroatoms. The number of furan rings is 1. The van der Waals surface area contributed by atoms with Gasteiger partial charge >= 0.3 is 0 Å². The number of para-hydroxylation sites is 3. The zero-order valence-electron chi connectivity index (χ0n) is 23.4. The van der Waals surface area contributed by atoms with E-state index in [9.17, 15) is 0 Å². The van der Waals surface area contributed by atoms with E-state index in [0.717, 1.165) is 71.8 Å². The standard InChI is InChI=1S/C39H22N4O/c1-40-26-18-14-24(15-19-26)38-30-10-2-5-11-33(30)41-39(42-38)25-16-20-27(21-17-25)43-34-12-6-3-8-28(34)31-23-37-32(22-35(31)43)29-9-4-7-13-36(29)44-37/h2-23H. The molecule has 0 aliphatic heterocycles. The Morgan fingerprint density at radius 3 is 2.07 bits per heavy atom. The highest BCUT2D eigenvalue weighted by Gasteiger charge is 2.17. The summed E-state index contributed by atoms with van der Waals surface area (Å²) in [6.45, 7) is 7.31. The number of hydrogen-bond acceptors (Lipinski definition) is 3. The summed E-state index contributed by atoms with van der Waals surface area (Å²) < 4.78 is 8.56. The Balaban J connectivity index is 1.21. The predicted octanol–water partition coefficient (Wildman–Crippen LogP) is 10.5. The summed E-state index contributed by atoms with van der Waals surface area (Å²) in [6.07, 6.45) is 0. The van der Waals surface area contributed by atoms with Gasteiger partial charge in [0.15, 0.2) is 11.5 Å². The van der Waals surface area contributed by atoms with E-state index in [0.29, 0.717) is 11.5 Å². The van der Waals surface area contributed by atoms with Gasteiger partial charge in [0.1, 0.15) is 11.2 Å². The minimum Gasteiger partial charge on any atom is -0.456 e. The highest BCUT2D eigenvalue weighted by Crippen LogP contribution is 2.38. The van der Waals surface area contributed by atoms with Gasteiger partial charge in [-0.05, 0) is 60.2 Å². The molecule has 0 atom stereocenters. The Kier molecular flexibility index (Phi) is 5.19. The molecule has 0 fully saturated rings. The molecular formula is C39H22N4O. The van der Waals surface area contributed by atoms with E-state index in [1.165, 1.54) is 5.39 Å². The average Bonchev–Trinajstić information content (AvgIpc) is 3.61. The van der Waals surface area contributed by atoms with Gasteiger partial charge in [0.25, 0.3) is 0 Å². The van der Waals surface area contributed by atoms with E-state index in [1.54, 1.807) is 0 Å². The molecule has 6 aromatic carbocycles. The van der Waals surface area contributed by atoms with Gasteiger partial charge in [0, 0.05) is 38.2 Å². The number of fused-ring (bicyclic) bond motifs is 7. The first kappa shape index (κ1) is 24.4. The second-order valence-electron chi connectivity index (χ2n) is 10.9. The first-order valence-electron chi connectivity index (χ1n) is 14.5. The summed E-state index contributed by atoms with van der Waals surface area (Å²) in [7, 11) is 0. The van der Waals surface area contributed by atoms with Crippen molar-refractivity contribution in [3.8, 4) is 28.3 Å². The molecule has 3 aromatic heterocycles. The third-order valence-corrected chi connectivity index (χ3v) is 8.43. The Hall–Kier alpha value is -6.25. The van der Waals surface area contributed by atoms with Gasteiger partial charge in [-0.2, -0.15) is 0 Å². The Bertz CT molecular complexity index is 2600. The maximum absolute atomic E-state index is 7.31. The summed E-state index contributed by atoms with van der Waals surface area (Å²) in [5, 5.41) is 5.54. The highest BCUT2D eigenvalue weighted by atomic mass is 16.3. The number of hydrogen-bond donors (Lipinski definition) is 0. The lowest BCUT2D eigenvalue weighted by molar-refractivity contribution is 0.669. The van der Waals surface area contributed by atoms with E-state index >= 15 is 0 Å². The fourth-order valence-electron chi connectivity index (χ4n) is 6.34. The molecule has 0 amide bonds. The Morgan fingerprint density at radius 2 is 1.25 bits per heavy atom. The molecule has 9 rings (SSSR count). The van der Waals surface area contributed by atoms with Crippen LogP contribution in [0.1, 0.15) is 0 Å². The summed E-state index contributed by atoms with van der Waals surface area (Å²) in [6, 6.07) is 45.2. The first-order valence-corrected chi connectivity index (χ1v) is 14.5. The van der Waals surface area contributed by atoms with E-state index in [4.69, 9.17) is 21.0 Å². The van der Waals surface area contributed by atoms with Crippen LogP contribution >= 0.6 is 0 Å². The van der Waals surface area contributed by atoms with Crippen LogP contribution in [0.25, 0.3) is 87.8 Å². The molecule has 5 nitrogen and oxygen atoms in total. The molecule has 0 unspecified atom stereocenters. The third-order valence-electron chi connectivity index (χ3n) is 8.43. The molecular weight excluding hydrogens is 540 g/mol. The van der Waals surface area contributed by atoms with Crippen molar-refractivity contribution < 1.29 is 4.42 Å². The van der Waals surface area contributed by atoms with Crippen molar-refractivity contribution in [2.45, 2.75) is 0 Å². The fraction of sp³-hybridized carbons (Fsp3) is 0. The molecule has 204 valence electrons. The molecule has 9 aromatic rings. The SMILES string of the molecule is [C-]#[N+]c1ccc(-c2nc(-c3ccc(-n4c5ccccc5c5cc6oc7ccccc7c6cc54)cc3)nc3ccccc23)cc1. The Morgan fingerprint density at radius 1 is 0.545 bits per heavy atom. The van der Waals surface area contributed by atoms with Crippen molar-refractivity contribution in [2.24, 2.45) is 0 Å². The van der Waals surface area contributed by atoms with Crippen molar-refractivity contribution in [3.63, 3.8) is 0 Å². The van der Waals surface area contributed by atoms with Crippen molar-refractivity contribution in [1.29, 1.82) is 0 Å². The summed E-state index contributed by atoms with van der Waals surface area (Å²) in [5.74, 6) is 0.660. The summed E-state index contributed by atoms with van der Waals surface area (Å²) >= 11 is 0. The normalized spacial score (nSPS) is 11.6. The number of benzene rings is 6. The molecule has 0 N–H and O–H groups in total. The van der Waals surface area contributed by atoms with Crippen molar-refractivity contribution in [2.75, 3.05) is 0 Å². The monoisotopic (exact) mass is 562 g/mol. The van der Waals surface area contributed by atoms with Gasteiger partial charge in [0.05, 0.1) is 28.8 Å². The van der Waals surface area contributed by atoms with Crippen LogP contribution in [0.4, 0.5) is 5.69 Å². The van der Waals surface area contributed by atoms with E-state index in [1.807, 2.05) is 60.7 Å². The number of rotatable bonds is 3. The first-order chi connectivity index (χ1) is 21.7. The smallest absolute Gasteiger partial charge is 0.187 e. The van der Waals surface area contributed by atoms with E-state index in [2.05, 4.69) is 82.2 Å². The molecule has 0 aliphatic rings. The number of nitrogens with zero attached hydrogens (tertiary/aromatic N) is 4. The van der Waals surface area contributed by atoms with Gasteiger partial charge in [-0.15, -0.1) is 0 Å².